The summed E-state index contributed by atoms with van der Waals surface area (Å²) in [6, 6.07) is 15.8. The van der Waals surface area contributed by atoms with Crippen LogP contribution >= 0.6 is 0 Å². The molecule has 3 unspecified atom stereocenters. The Bertz CT molecular complexity index is 630. The first-order chi connectivity index (χ1) is 12.5. The number of ether oxygens (including phenoxy) is 2. The van der Waals surface area contributed by atoms with Crippen molar-refractivity contribution in [2.75, 3.05) is 13.2 Å². The highest BCUT2D eigenvalue weighted by Gasteiger charge is 2.22. The van der Waals surface area contributed by atoms with Crippen LogP contribution in [-0.4, -0.2) is 24.4 Å². The van der Waals surface area contributed by atoms with Crippen LogP contribution in [0.4, 0.5) is 0 Å². The van der Waals surface area contributed by atoms with Crippen LogP contribution in [0.5, 0.6) is 11.5 Å². The zero-order valence-corrected chi connectivity index (χ0v) is 16.4. The molecular formula is C23H32O3. The lowest BCUT2D eigenvalue weighted by Crippen LogP contribution is -2.04. The number of hydrogen-bond donors (Lipinski definition) is 1. The van der Waals surface area contributed by atoms with Gasteiger partial charge in [-0.3, -0.25) is 0 Å². The molecular weight excluding hydrogens is 324 g/mol. The van der Waals surface area contributed by atoms with E-state index in [1.807, 2.05) is 24.3 Å². The Morgan fingerprint density at radius 3 is 1.81 bits per heavy atom. The third-order valence-electron chi connectivity index (χ3n) is 4.97. The van der Waals surface area contributed by atoms with Crippen molar-refractivity contribution in [2.45, 2.75) is 58.5 Å². The second kappa shape index (κ2) is 10.2. The SMILES string of the molecule is CCC(C)c1ccc(O)cc1.CCC(C)c1ccc(OCC2CO2)cc1. The van der Waals surface area contributed by atoms with Crippen LogP contribution in [0.3, 0.4) is 0 Å². The van der Waals surface area contributed by atoms with Crippen molar-refractivity contribution in [1.82, 2.24) is 0 Å². The smallest absolute Gasteiger partial charge is 0.119 e. The van der Waals surface area contributed by atoms with Crippen molar-refractivity contribution in [3.05, 3.63) is 59.7 Å². The summed E-state index contributed by atoms with van der Waals surface area (Å²) in [7, 11) is 0. The summed E-state index contributed by atoms with van der Waals surface area (Å²) in [6.45, 7) is 10.3. The van der Waals surface area contributed by atoms with Gasteiger partial charge in [0.15, 0.2) is 0 Å². The predicted molar refractivity (Wildman–Crippen MR) is 107 cm³/mol. The molecule has 0 aromatic heterocycles. The largest absolute Gasteiger partial charge is 0.508 e. The van der Waals surface area contributed by atoms with Gasteiger partial charge in [0.2, 0.25) is 0 Å². The van der Waals surface area contributed by atoms with Gasteiger partial charge in [-0.1, -0.05) is 52.0 Å². The number of rotatable bonds is 7. The van der Waals surface area contributed by atoms with E-state index < -0.39 is 0 Å². The third kappa shape index (κ3) is 6.72. The van der Waals surface area contributed by atoms with Gasteiger partial charge in [0.1, 0.15) is 24.2 Å². The van der Waals surface area contributed by atoms with Gasteiger partial charge < -0.3 is 14.6 Å². The summed E-state index contributed by atoms with van der Waals surface area (Å²) in [5.74, 6) is 2.51. The molecule has 1 aliphatic heterocycles. The molecule has 3 rings (SSSR count). The van der Waals surface area contributed by atoms with Gasteiger partial charge in [-0.15, -0.1) is 0 Å². The predicted octanol–water partition coefficient (Wildman–Crippen LogP) is 5.88. The molecule has 0 spiro atoms. The van der Waals surface area contributed by atoms with Gasteiger partial charge in [-0.25, -0.2) is 0 Å². The van der Waals surface area contributed by atoms with Crippen molar-refractivity contribution >= 4 is 0 Å². The molecule has 0 radical (unpaired) electrons. The van der Waals surface area contributed by atoms with E-state index in [1.54, 1.807) is 12.1 Å². The minimum absolute atomic E-state index is 0.333. The van der Waals surface area contributed by atoms with Crippen LogP contribution in [0.15, 0.2) is 48.5 Å². The first kappa shape index (κ1) is 20.3. The van der Waals surface area contributed by atoms with E-state index in [0.717, 1.165) is 18.8 Å². The highest BCUT2D eigenvalue weighted by atomic mass is 16.6. The molecule has 0 bridgehead atoms. The van der Waals surface area contributed by atoms with Gasteiger partial charge in [-0.05, 0) is 60.1 Å². The summed E-state index contributed by atoms with van der Waals surface area (Å²) < 4.78 is 10.7. The van der Waals surface area contributed by atoms with Crippen LogP contribution in [0.1, 0.15) is 63.5 Å². The maximum absolute atomic E-state index is 9.01. The van der Waals surface area contributed by atoms with Crippen LogP contribution < -0.4 is 4.74 Å². The Morgan fingerprint density at radius 1 is 0.923 bits per heavy atom. The molecule has 142 valence electrons. The highest BCUT2D eigenvalue weighted by Crippen LogP contribution is 2.22. The fourth-order valence-electron chi connectivity index (χ4n) is 2.52. The van der Waals surface area contributed by atoms with Crippen molar-refractivity contribution < 1.29 is 14.6 Å². The number of phenolic OH excluding ortho intramolecular Hbond substituents is 1. The van der Waals surface area contributed by atoms with Gasteiger partial charge in [0.05, 0.1) is 6.61 Å². The monoisotopic (exact) mass is 356 g/mol. The fraction of sp³-hybridized carbons (Fsp3) is 0.478. The molecule has 0 saturated carbocycles. The average molecular weight is 357 g/mol. The second-order valence-corrected chi connectivity index (χ2v) is 7.05. The molecule has 0 aliphatic carbocycles. The van der Waals surface area contributed by atoms with Gasteiger partial charge >= 0.3 is 0 Å². The minimum atomic E-state index is 0.333. The Labute approximate surface area is 158 Å². The first-order valence-corrected chi connectivity index (χ1v) is 9.66. The molecule has 26 heavy (non-hydrogen) atoms. The van der Waals surface area contributed by atoms with Crippen LogP contribution in [0.25, 0.3) is 0 Å². The fourth-order valence-corrected chi connectivity index (χ4v) is 2.52. The molecule has 3 heteroatoms. The molecule has 1 aliphatic rings. The van der Waals surface area contributed by atoms with Crippen molar-refractivity contribution in [1.29, 1.82) is 0 Å². The van der Waals surface area contributed by atoms with E-state index in [4.69, 9.17) is 14.6 Å². The molecule has 1 saturated heterocycles. The van der Waals surface area contributed by atoms with Crippen LogP contribution in [-0.2, 0) is 4.74 Å². The quantitative estimate of drug-likeness (QED) is 0.630. The lowest BCUT2D eigenvalue weighted by Gasteiger charge is -2.10. The number of hydrogen-bond acceptors (Lipinski definition) is 3. The molecule has 3 nitrogen and oxygen atoms in total. The van der Waals surface area contributed by atoms with E-state index in [2.05, 4.69) is 39.8 Å². The number of epoxide rings is 1. The van der Waals surface area contributed by atoms with E-state index in [-0.39, 0.29) is 0 Å². The van der Waals surface area contributed by atoms with E-state index >= 15 is 0 Å². The number of aromatic hydroxyl groups is 1. The molecule has 2 aromatic carbocycles. The Morgan fingerprint density at radius 2 is 1.38 bits per heavy atom. The van der Waals surface area contributed by atoms with Crippen molar-refractivity contribution in [3.8, 4) is 11.5 Å². The highest BCUT2D eigenvalue weighted by molar-refractivity contribution is 5.29. The van der Waals surface area contributed by atoms with Crippen LogP contribution in [0.2, 0.25) is 0 Å². The van der Waals surface area contributed by atoms with Gasteiger partial charge in [-0.2, -0.15) is 0 Å². The third-order valence-corrected chi connectivity index (χ3v) is 4.97. The van der Waals surface area contributed by atoms with E-state index in [9.17, 15) is 0 Å². The number of benzene rings is 2. The molecule has 0 amide bonds. The summed E-state index contributed by atoms with van der Waals surface area (Å²) in [4.78, 5) is 0. The van der Waals surface area contributed by atoms with Crippen LogP contribution in [0, 0.1) is 0 Å². The molecule has 1 fully saturated rings. The first-order valence-electron chi connectivity index (χ1n) is 9.66. The summed E-state index contributed by atoms with van der Waals surface area (Å²) in [5, 5.41) is 9.01. The Hall–Kier alpha value is -2.00. The molecule has 2 aromatic rings. The maximum Gasteiger partial charge on any atom is 0.119 e. The standard InChI is InChI=1S/C13H18O2.C10H14O/c1-3-10(2)11-4-6-12(7-5-11)14-8-13-9-15-13;1-3-8(2)9-4-6-10(11)7-5-9/h4-7,10,13H,3,8-9H2,1-2H3;4-8,11H,3H2,1-2H3. The summed E-state index contributed by atoms with van der Waals surface area (Å²) in [5.41, 5.74) is 2.68. The maximum atomic E-state index is 9.01. The zero-order valence-electron chi connectivity index (χ0n) is 16.4. The van der Waals surface area contributed by atoms with Gasteiger partial charge in [0.25, 0.3) is 0 Å². The normalized spacial score (nSPS) is 17.6. The summed E-state index contributed by atoms with van der Waals surface area (Å²) in [6.07, 6.45) is 2.65. The molecule has 1 N–H and O–H groups in total. The lowest BCUT2D eigenvalue weighted by molar-refractivity contribution is 0.263. The Balaban J connectivity index is 0.000000197. The average Bonchev–Trinajstić information content (AvgIpc) is 3.51. The van der Waals surface area contributed by atoms with E-state index in [1.165, 1.54) is 17.5 Å². The molecule has 3 atom stereocenters. The number of phenols is 1. The van der Waals surface area contributed by atoms with Crippen molar-refractivity contribution in [3.63, 3.8) is 0 Å². The minimum Gasteiger partial charge on any atom is -0.508 e. The van der Waals surface area contributed by atoms with Crippen molar-refractivity contribution in [2.24, 2.45) is 0 Å². The Kier molecular flexibility index (Phi) is 7.99. The van der Waals surface area contributed by atoms with E-state index in [0.29, 0.717) is 30.3 Å². The molecule has 1 heterocycles. The summed E-state index contributed by atoms with van der Waals surface area (Å²) >= 11 is 0. The second-order valence-electron chi connectivity index (χ2n) is 7.05. The zero-order chi connectivity index (χ0) is 18.9. The topological polar surface area (TPSA) is 42.0 Å². The van der Waals surface area contributed by atoms with Gasteiger partial charge in [0, 0.05) is 0 Å². The lowest BCUT2D eigenvalue weighted by atomic mass is 9.99.